The number of rotatable bonds is 6. The van der Waals surface area contributed by atoms with Gasteiger partial charge in [0, 0.05) is 13.6 Å². The predicted octanol–water partition coefficient (Wildman–Crippen LogP) is 1.34. The Labute approximate surface area is 126 Å². The number of hydrogen-bond donors (Lipinski definition) is 1. The van der Waals surface area contributed by atoms with Gasteiger partial charge in [0.1, 0.15) is 18.5 Å². The smallest absolute Gasteiger partial charge is 0.251 e. The van der Waals surface area contributed by atoms with Crippen LogP contribution in [0.2, 0.25) is 0 Å². The van der Waals surface area contributed by atoms with Crippen molar-refractivity contribution in [2.75, 3.05) is 26.7 Å². The van der Waals surface area contributed by atoms with Crippen molar-refractivity contribution >= 4 is 5.91 Å². The Morgan fingerprint density at radius 2 is 2.29 bits per heavy atom. The van der Waals surface area contributed by atoms with Crippen molar-refractivity contribution in [1.82, 2.24) is 4.90 Å². The summed E-state index contributed by atoms with van der Waals surface area (Å²) >= 11 is 0. The van der Waals surface area contributed by atoms with E-state index in [-0.39, 0.29) is 18.1 Å². The highest BCUT2D eigenvalue weighted by molar-refractivity contribution is 5.80. The van der Waals surface area contributed by atoms with Crippen LogP contribution in [0.1, 0.15) is 18.4 Å². The normalized spacial score (nSPS) is 21.3. The molecule has 1 fully saturated rings. The Kier molecular flexibility index (Phi) is 5.59. The molecule has 0 spiro atoms. The first-order valence-corrected chi connectivity index (χ1v) is 7.40. The molecule has 0 unspecified atom stereocenters. The van der Waals surface area contributed by atoms with Gasteiger partial charge in [-0.3, -0.25) is 4.79 Å². The van der Waals surface area contributed by atoms with Crippen LogP contribution in [-0.2, 0) is 9.53 Å². The number of nitrogens with zero attached hydrogens (tertiary/aromatic N) is 1. The summed E-state index contributed by atoms with van der Waals surface area (Å²) in [5, 5.41) is 0. The Hall–Kier alpha value is -1.59. The maximum Gasteiger partial charge on any atom is 0.251 e. The largest absolute Gasteiger partial charge is 0.492 e. The van der Waals surface area contributed by atoms with Crippen molar-refractivity contribution in [3.05, 3.63) is 29.8 Å². The Balaban J connectivity index is 1.74. The molecule has 1 heterocycles. The second kappa shape index (κ2) is 7.43. The minimum absolute atomic E-state index is 0.0128. The summed E-state index contributed by atoms with van der Waals surface area (Å²) in [7, 11) is 1.78. The quantitative estimate of drug-likeness (QED) is 0.859. The average molecular weight is 292 g/mol. The first kappa shape index (κ1) is 15.8. The zero-order valence-corrected chi connectivity index (χ0v) is 12.7. The maximum absolute atomic E-state index is 12.2. The maximum atomic E-state index is 12.2. The van der Waals surface area contributed by atoms with Crippen molar-refractivity contribution in [3.63, 3.8) is 0 Å². The number of amides is 1. The van der Waals surface area contributed by atoms with E-state index < -0.39 is 0 Å². The third-order valence-corrected chi connectivity index (χ3v) is 3.71. The van der Waals surface area contributed by atoms with E-state index in [2.05, 4.69) is 0 Å². The number of carbonyl (C=O) groups is 1. The molecular formula is C16H24N2O3. The van der Waals surface area contributed by atoms with Crippen LogP contribution in [0.25, 0.3) is 0 Å². The van der Waals surface area contributed by atoms with Gasteiger partial charge in [0.2, 0.25) is 0 Å². The summed E-state index contributed by atoms with van der Waals surface area (Å²) in [6.07, 6.45) is 1.29. The summed E-state index contributed by atoms with van der Waals surface area (Å²) in [5.41, 5.74) is 6.72. The molecule has 1 amide bonds. The average Bonchev–Trinajstić information content (AvgIpc) is 2.95. The Morgan fingerprint density at radius 1 is 1.48 bits per heavy atom. The molecule has 5 heteroatoms. The highest BCUT2D eigenvalue weighted by Gasteiger charge is 2.31. The highest BCUT2D eigenvalue weighted by Crippen LogP contribution is 2.20. The number of carbonyl (C=O) groups excluding carboxylic acids is 1. The van der Waals surface area contributed by atoms with Crippen molar-refractivity contribution in [2.45, 2.75) is 32.0 Å². The predicted molar refractivity (Wildman–Crippen MR) is 81.3 cm³/mol. The third-order valence-electron chi connectivity index (χ3n) is 3.71. The van der Waals surface area contributed by atoms with Gasteiger partial charge in [0.05, 0.1) is 12.6 Å². The minimum Gasteiger partial charge on any atom is -0.492 e. The first-order chi connectivity index (χ1) is 10.1. The van der Waals surface area contributed by atoms with Crippen LogP contribution in [-0.4, -0.2) is 49.8 Å². The van der Waals surface area contributed by atoms with E-state index in [0.29, 0.717) is 19.7 Å². The molecule has 1 saturated heterocycles. The molecule has 2 N–H and O–H groups in total. The van der Waals surface area contributed by atoms with E-state index in [9.17, 15) is 4.79 Å². The van der Waals surface area contributed by atoms with E-state index in [1.54, 1.807) is 11.9 Å². The van der Waals surface area contributed by atoms with E-state index >= 15 is 0 Å². The number of aryl methyl sites for hydroxylation is 1. The number of benzene rings is 1. The lowest BCUT2D eigenvalue weighted by molar-refractivity contribution is -0.141. The standard InChI is InChI=1S/C16H24N2O3/c1-12-4-3-5-13(10-12)20-9-8-18(2)16(19)15-7-6-14(11-17)21-15/h3-5,10,14-15H,6-9,11,17H2,1-2H3/t14-,15+/m1/s1. The van der Waals surface area contributed by atoms with Crippen molar-refractivity contribution in [3.8, 4) is 5.75 Å². The van der Waals surface area contributed by atoms with Gasteiger partial charge in [0.15, 0.2) is 0 Å². The zero-order valence-electron chi connectivity index (χ0n) is 12.7. The van der Waals surface area contributed by atoms with Crippen LogP contribution >= 0.6 is 0 Å². The lowest BCUT2D eigenvalue weighted by Crippen LogP contribution is -2.39. The second-order valence-electron chi connectivity index (χ2n) is 5.48. The number of hydrogen-bond acceptors (Lipinski definition) is 4. The van der Waals surface area contributed by atoms with E-state index in [4.69, 9.17) is 15.2 Å². The molecular weight excluding hydrogens is 268 g/mol. The molecule has 0 saturated carbocycles. The van der Waals surface area contributed by atoms with Gasteiger partial charge in [-0.25, -0.2) is 0 Å². The van der Waals surface area contributed by atoms with E-state index in [0.717, 1.165) is 24.2 Å². The molecule has 5 nitrogen and oxygen atoms in total. The fraction of sp³-hybridized carbons (Fsp3) is 0.562. The van der Waals surface area contributed by atoms with Crippen LogP contribution in [0.15, 0.2) is 24.3 Å². The molecule has 2 atom stereocenters. The van der Waals surface area contributed by atoms with Crippen LogP contribution in [0.3, 0.4) is 0 Å². The lowest BCUT2D eigenvalue weighted by atomic mass is 10.2. The summed E-state index contributed by atoms with van der Waals surface area (Å²) in [6, 6.07) is 7.88. The van der Waals surface area contributed by atoms with Gasteiger partial charge < -0.3 is 20.1 Å². The molecule has 1 aromatic rings. The summed E-state index contributed by atoms with van der Waals surface area (Å²) in [5.74, 6) is 0.843. The number of likely N-dealkylation sites (N-methyl/N-ethyl adjacent to an activating group) is 1. The number of ether oxygens (including phenoxy) is 2. The fourth-order valence-corrected chi connectivity index (χ4v) is 2.42. The van der Waals surface area contributed by atoms with E-state index in [1.165, 1.54) is 0 Å². The van der Waals surface area contributed by atoms with Gasteiger partial charge in [-0.2, -0.15) is 0 Å². The van der Waals surface area contributed by atoms with Gasteiger partial charge in [-0.15, -0.1) is 0 Å². The SMILES string of the molecule is Cc1cccc(OCCN(C)C(=O)[C@@H]2CC[C@H](CN)O2)c1. The van der Waals surface area contributed by atoms with Crippen molar-refractivity contribution in [1.29, 1.82) is 0 Å². The van der Waals surface area contributed by atoms with Crippen LogP contribution < -0.4 is 10.5 Å². The second-order valence-corrected chi connectivity index (χ2v) is 5.48. The van der Waals surface area contributed by atoms with Crippen molar-refractivity contribution in [2.24, 2.45) is 5.73 Å². The molecule has 2 rings (SSSR count). The van der Waals surface area contributed by atoms with Crippen LogP contribution in [0, 0.1) is 6.92 Å². The van der Waals surface area contributed by atoms with Crippen LogP contribution in [0.5, 0.6) is 5.75 Å². The summed E-state index contributed by atoms with van der Waals surface area (Å²) < 4.78 is 11.3. The van der Waals surface area contributed by atoms with Crippen LogP contribution in [0.4, 0.5) is 0 Å². The lowest BCUT2D eigenvalue weighted by Gasteiger charge is -2.21. The zero-order chi connectivity index (χ0) is 15.2. The monoisotopic (exact) mass is 292 g/mol. The molecule has 21 heavy (non-hydrogen) atoms. The topological polar surface area (TPSA) is 64.8 Å². The van der Waals surface area contributed by atoms with Gasteiger partial charge in [-0.05, 0) is 37.5 Å². The Bertz CT molecular complexity index is 478. The van der Waals surface area contributed by atoms with Gasteiger partial charge >= 0.3 is 0 Å². The molecule has 1 aliphatic heterocycles. The fourth-order valence-electron chi connectivity index (χ4n) is 2.42. The Morgan fingerprint density at radius 3 is 2.95 bits per heavy atom. The summed E-state index contributed by atoms with van der Waals surface area (Å²) in [6.45, 7) is 3.51. The molecule has 0 radical (unpaired) electrons. The molecule has 116 valence electrons. The number of nitrogens with two attached hydrogens (primary N) is 1. The van der Waals surface area contributed by atoms with Gasteiger partial charge in [-0.1, -0.05) is 12.1 Å². The summed E-state index contributed by atoms with van der Waals surface area (Å²) in [4.78, 5) is 13.9. The van der Waals surface area contributed by atoms with Gasteiger partial charge in [0.25, 0.3) is 5.91 Å². The van der Waals surface area contributed by atoms with Crippen molar-refractivity contribution < 1.29 is 14.3 Å². The first-order valence-electron chi connectivity index (χ1n) is 7.40. The highest BCUT2D eigenvalue weighted by atomic mass is 16.5. The third kappa shape index (κ3) is 4.44. The molecule has 0 aliphatic carbocycles. The van der Waals surface area contributed by atoms with E-state index in [1.807, 2.05) is 31.2 Å². The minimum atomic E-state index is -0.345. The molecule has 0 aromatic heterocycles. The molecule has 0 bridgehead atoms. The molecule has 1 aromatic carbocycles. The molecule has 1 aliphatic rings.